The Kier molecular flexibility index (Phi) is 8.99. The number of ketones is 1. The largest absolute Gasteiger partial charge is 0.496 e. The standard InChI is InChI=1S/C29H30BrFN2O4S/c1-17(2)21(18-7-5-4-6-8-18)15-32-26(35)16-33-27(14-23(34)19-9-10-19)38-25(29(33)36)13-20-24(37-3)12-11-22(30)28(20)31/h4-8,11-14,17,19,21H,9-10,15-16H2,1-3H3,(H,32,35)/b25-13-,27-14+. The van der Waals surface area contributed by atoms with E-state index in [0.717, 1.165) is 29.7 Å². The molecule has 1 atom stereocenters. The van der Waals surface area contributed by atoms with Crippen LogP contribution in [0.5, 0.6) is 5.75 Å². The number of nitrogens with one attached hydrogen (secondary N) is 1. The fraction of sp³-hybridized carbons (Fsp3) is 0.345. The monoisotopic (exact) mass is 600 g/mol. The Morgan fingerprint density at radius 1 is 1.21 bits per heavy atom. The lowest BCUT2D eigenvalue weighted by molar-refractivity contribution is -0.122. The van der Waals surface area contributed by atoms with Crippen LogP contribution in [0, 0.1) is 17.7 Å². The normalized spacial score (nSPS) is 15.1. The Morgan fingerprint density at radius 3 is 2.55 bits per heavy atom. The second-order valence-electron chi connectivity index (χ2n) is 9.70. The Morgan fingerprint density at radius 2 is 1.92 bits per heavy atom. The second-order valence-corrected chi connectivity index (χ2v) is 11.6. The number of benzene rings is 2. The minimum Gasteiger partial charge on any atom is -0.496 e. The molecule has 38 heavy (non-hydrogen) atoms. The van der Waals surface area contributed by atoms with E-state index in [-0.39, 0.29) is 56.3 Å². The highest BCUT2D eigenvalue weighted by Gasteiger charge is 2.28. The van der Waals surface area contributed by atoms with Gasteiger partial charge in [-0.2, -0.15) is 0 Å². The number of thiazole rings is 1. The number of nitrogens with zero attached hydrogens (tertiary/aromatic N) is 1. The molecule has 1 aromatic heterocycles. The molecule has 1 amide bonds. The zero-order valence-corrected chi connectivity index (χ0v) is 23.9. The Labute approximate surface area is 233 Å². The van der Waals surface area contributed by atoms with E-state index < -0.39 is 11.4 Å². The number of carbonyl (C=O) groups is 2. The first-order valence-corrected chi connectivity index (χ1v) is 14.1. The molecule has 3 aromatic rings. The van der Waals surface area contributed by atoms with E-state index >= 15 is 0 Å². The van der Waals surface area contributed by atoms with Crippen LogP contribution in [0.25, 0.3) is 12.2 Å². The molecular formula is C29H30BrFN2O4S. The molecule has 0 aliphatic heterocycles. The van der Waals surface area contributed by atoms with Crippen molar-refractivity contribution in [3.8, 4) is 5.75 Å². The average molecular weight is 602 g/mol. The topological polar surface area (TPSA) is 77.4 Å². The van der Waals surface area contributed by atoms with Gasteiger partial charge in [-0.1, -0.05) is 44.2 Å². The minimum atomic E-state index is -0.568. The third kappa shape index (κ3) is 6.50. The highest BCUT2D eigenvalue weighted by Crippen LogP contribution is 2.30. The van der Waals surface area contributed by atoms with Gasteiger partial charge in [-0.15, -0.1) is 11.3 Å². The van der Waals surface area contributed by atoms with Crippen LogP contribution in [0.1, 0.15) is 43.7 Å². The SMILES string of the molecule is COc1ccc(Br)c(F)c1/C=c1\s/c(=C/C(=O)C2CC2)n(CC(=O)NCC(c2ccccc2)C(C)C)c1=O. The number of Topliss-reactive ketones (excluding diaryl/α,β-unsaturated/α-hetero) is 1. The predicted molar refractivity (Wildman–Crippen MR) is 151 cm³/mol. The number of halogens is 2. The smallest absolute Gasteiger partial charge is 0.269 e. The molecule has 6 nitrogen and oxygen atoms in total. The number of hydrogen-bond donors (Lipinski definition) is 1. The van der Waals surface area contributed by atoms with Crippen molar-refractivity contribution in [2.75, 3.05) is 13.7 Å². The molecule has 0 saturated heterocycles. The molecule has 1 heterocycles. The summed E-state index contributed by atoms with van der Waals surface area (Å²) in [5.41, 5.74) is 0.769. The molecule has 0 spiro atoms. The Bertz CT molecular complexity index is 1510. The summed E-state index contributed by atoms with van der Waals surface area (Å²) in [5.74, 6) is -0.345. The van der Waals surface area contributed by atoms with Crippen molar-refractivity contribution in [1.82, 2.24) is 9.88 Å². The molecule has 1 aliphatic rings. The number of hydrogen-bond acceptors (Lipinski definition) is 5. The van der Waals surface area contributed by atoms with E-state index in [0.29, 0.717) is 11.2 Å². The van der Waals surface area contributed by atoms with Gasteiger partial charge >= 0.3 is 0 Å². The molecule has 0 bridgehead atoms. The third-order valence-corrected chi connectivity index (χ3v) is 8.30. The van der Waals surface area contributed by atoms with Crippen molar-refractivity contribution >= 4 is 51.1 Å². The van der Waals surface area contributed by atoms with Crippen LogP contribution in [0.15, 0.2) is 51.7 Å². The van der Waals surface area contributed by atoms with Crippen molar-refractivity contribution < 1.29 is 18.7 Å². The van der Waals surface area contributed by atoms with Crippen LogP contribution in [0.2, 0.25) is 0 Å². The molecule has 1 fully saturated rings. The summed E-state index contributed by atoms with van der Waals surface area (Å²) in [4.78, 5) is 39.0. The number of ether oxygens (including phenoxy) is 1. The van der Waals surface area contributed by atoms with E-state index in [2.05, 4.69) is 35.1 Å². The lowest BCUT2D eigenvalue weighted by Crippen LogP contribution is -2.39. The van der Waals surface area contributed by atoms with Gasteiger partial charge in [0.25, 0.3) is 5.56 Å². The van der Waals surface area contributed by atoms with Gasteiger partial charge in [-0.25, -0.2) is 4.39 Å². The molecule has 2 aromatic carbocycles. The second kappa shape index (κ2) is 12.2. The first-order valence-electron chi connectivity index (χ1n) is 12.5. The van der Waals surface area contributed by atoms with Crippen LogP contribution in [-0.4, -0.2) is 29.9 Å². The average Bonchev–Trinajstić information content (AvgIpc) is 3.71. The van der Waals surface area contributed by atoms with Gasteiger partial charge in [0.05, 0.1) is 21.7 Å². The van der Waals surface area contributed by atoms with E-state index in [1.165, 1.54) is 29.9 Å². The number of methoxy groups -OCH3 is 1. The first-order chi connectivity index (χ1) is 18.2. The molecular weight excluding hydrogens is 571 g/mol. The van der Waals surface area contributed by atoms with Crippen LogP contribution < -0.4 is 24.8 Å². The van der Waals surface area contributed by atoms with Crippen molar-refractivity contribution in [2.24, 2.45) is 11.8 Å². The number of aromatic nitrogens is 1. The van der Waals surface area contributed by atoms with Crippen LogP contribution >= 0.6 is 27.3 Å². The highest BCUT2D eigenvalue weighted by atomic mass is 79.9. The van der Waals surface area contributed by atoms with Crippen LogP contribution in [0.4, 0.5) is 4.39 Å². The van der Waals surface area contributed by atoms with Crippen molar-refractivity contribution in [3.63, 3.8) is 0 Å². The fourth-order valence-electron chi connectivity index (χ4n) is 4.25. The molecule has 1 saturated carbocycles. The maximum Gasteiger partial charge on any atom is 0.269 e. The van der Waals surface area contributed by atoms with Gasteiger partial charge < -0.3 is 10.1 Å². The van der Waals surface area contributed by atoms with E-state index in [1.54, 1.807) is 6.07 Å². The van der Waals surface area contributed by atoms with Gasteiger partial charge in [0.15, 0.2) is 5.78 Å². The molecule has 1 unspecified atom stereocenters. The van der Waals surface area contributed by atoms with Gasteiger partial charge in [0.2, 0.25) is 5.91 Å². The van der Waals surface area contributed by atoms with Crippen molar-refractivity contribution in [3.05, 3.63) is 83.4 Å². The summed E-state index contributed by atoms with van der Waals surface area (Å²) in [7, 11) is 1.42. The van der Waals surface area contributed by atoms with E-state index in [9.17, 15) is 18.8 Å². The maximum atomic E-state index is 14.9. The molecule has 1 N–H and O–H groups in total. The lowest BCUT2D eigenvalue weighted by Gasteiger charge is -2.22. The van der Waals surface area contributed by atoms with Gasteiger partial charge in [0.1, 0.15) is 22.8 Å². The van der Waals surface area contributed by atoms with Crippen LogP contribution in [0.3, 0.4) is 0 Å². The fourth-order valence-corrected chi connectivity index (χ4v) is 5.63. The Balaban J connectivity index is 1.67. The highest BCUT2D eigenvalue weighted by molar-refractivity contribution is 9.10. The zero-order valence-electron chi connectivity index (χ0n) is 21.5. The predicted octanol–water partition coefficient (Wildman–Crippen LogP) is 3.96. The molecule has 0 radical (unpaired) electrons. The zero-order chi connectivity index (χ0) is 27.4. The molecule has 1 aliphatic carbocycles. The van der Waals surface area contributed by atoms with Crippen LogP contribution in [-0.2, 0) is 16.1 Å². The first kappa shape index (κ1) is 28.0. The van der Waals surface area contributed by atoms with Gasteiger partial charge in [0, 0.05) is 24.5 Å². The summed E-state index contributed by atoms with van der Waals surface area (Å²) < 4.78 is 22.3. The molecule has 9 heteroatoms. The third-order valence-electron chi connectivity index (χ3n) is 6.62. The van der Waals surface area contributed by atoms with E-state index in [4.69, 9.17) is 4.74 Å². The number of rotatable bonds is 10. The summed E-state index contributed by atoms with van der Waals surface area (Å²) >= 11 is 4.23. The number of amides is 1. The summed E-state index contributed by atoms with van der Waals surface area (Å²) in [6.07, 6.45) is 4.48. The summed E-state index contributed by atoms with van der Waals surface area (Å²) in [5, 5.41) is 2.96. The van der Waals surface area contributed by atoms with E-state index in [1.807, 2.05) is 30.3 Å². The summed E-state index contributed by atoms with van der Waals surface area (Å²) in [6.45, 7) is 4.37. The maximum absolute atomic E-state index is 14.9. The van der Waals surface area contributed by atoms with Gasteiger partial charge in [-0.3, -0.25) is 19.0 Å². The molecule has 200 valence electrons. The number of carbonyl (C=O) groups excluding carboxylic acids is 2. The summed E-state index contributed by atoms with van der Waals surface area (Å²) in [6, 6.07) is 13.1. The quantitative estimate of drug-likeness (QED) is 0.382. The Hall–Kier alpha value is -3.04. The molecule has 4 rings (SSSR count). The van der Waals surface area contributed by atoms with Crippen molar-refractivity contribution in [1.29, 1.82) is 0 Å². The van der Waals surface area contributed by atoms with Crippen molar-refractivity contribution in [2.45, 2.75) is 39.2 Å². The van der Waals surface area contributed by atoms with Gasteiger partial charge in [-0.05, 0) is 58.5 Å². The lowest BCUT2D eigenvalue weighted by atomic mass is 9.88. The minimum absolute atomic E-state index is 0.0396.